The number of nitrogens with one attached hydrogen (secondary N) is 3. The predicted octanol–water partition coefficient (Wildman–Crippen LogP) is 0.996. The van der Waals surface area contributed by atoms with Gasteiger partial charge in [0.05, 0.1) is 6.33 Å². The van der Waals surface area contributed by atoms with Crippen molar-refractivity contribution in [3.63, 3.8) is 0 Å². The SMILES string of the molecule is CCNC(=O)[C@@H]1CC[C@H](n2cnc3c(NCCCCCCNS(=O)[O-])ncnc32)O1. The maximum atomic E-state index is 12.0. The standard InChI is InChI=1S/C18H29N7O4S/c1-2-19-18(26)13-7-8-14(29-13)25-12-23-15-16(21-11-22-17(15)25)20-9-5-3-4-6-10-24-30(27)28/h11-14,24H,2-10H2,1H3,(H,19,26)(H,27,28)(H,20,21,22)/p-1/t13-,14+/m0/s1. The number of hydrogen-bond donors (Lipinski definition) is 3. The number of rotatable bonds is 12. The number of likely N-dealkylation sites (N-methyl/N-ethyl adjacent to an activating group) is 1. The Morgan fingerprint density at radius 3 is 2.80 bits per heavy atom. The Bertz CT molecular complexity index is 862. The second kappa shape index (κ2) is 11.3. The van der Waals surface area contributed by atoms with E-state index in [1.165, 1.54) is 6.33 Å². The summed E-state index contributed by atoms with van der Waals surface area (Å²) in [5, 5.41) is 6.09. The van der Waals surface area contributed by atoms with Gasteiger partial charge in [0.15, 0.2) is 17.0 Å². The van der Waals surface area contributed by atoms with E-state index in [-0.39, 0.29) is 12.1 Å². The molecule has 30 heavy (non-hydrogen) atoms. The van der Waals surface area contributed by atoms with Crippen molar-refractivity contribution in [1.29, 1.82) is 0 Å². The average Bonchev–Trinajstić information content (AvgIpc) is 3.37. The van der Waals surface area contributed by atoms with Gasteiger partial charge >= 0.3 is 0 Å². The van der Waals surface area contributed by atoms with Gasteiger partial charge in [-0.2, -0.15) is 0 Å². The quantitative estimate of drug-likeness (QED) is 0.328. The van der Waals surface area contributed by atoms with E-state index in [1.54, 1.807) is 6.33 Å². The molecular formula is C18H28N7O4S-. The molecular weight excluding hydrogens is 410 g/mol. The van der Waals surface area contributed by atoms with Gasteiger partial charge < -0.3 is 19.9 Å². The van der Waals surface area contributed by atoms with Gasteiger partial charge in [0, 0.05) is 30.9 Å². The van der Waals surface area contributed by atoms with E-state index in [0.29, 0.717) is 36.5 Å². The molecule has 0 radical (unpaired) electrons. The molecule has 1 fully saturated rings. The van der Waals surface area contributed by atoms with Gasteiger partial charge in [-0.3, -0.25) is 13.6 Å². The maximum absolute atomic E-state index is 12.0. The van der Waals surface area contributed by atoms with E-state index in [9.17, 15) is 13.6 Å². The third-order valence-electron chi connectivity index (χ3n) is 4.93. The lowest BCUT2D eigenvalue weighted by Gasteiger charge is -2.15. The summed E-state index contributed by atoms with van der Waals surface area (Å²) in [6.07, 6.45) is 7.52. The highest BCUT2D eigenvalue weighted by atomic mass is 32.2. The summed E-state index contributed by atoms with van der Waals surface area (Å²) in [6, 6.07) is 0. The minimum Gasteiger partial charge on any atom is -0.760 e. The van der Waals surface area contributed by atoms with Crippen LogP contribution in [0.3, 0.4) is 0 Å². The third-order valence-corrected chi connectivity index (χ3v) is 5.37. The number of carbonyl (C=O) groups excluding carboxylic acids is 1. The summed E-state index contributed by atoms with van der Waals surface area (Å²) in [7, 11) is 0. The number of carbonyl (C=O) groups is 1. The topological polar surface area (TPSA) is 146 Å². The fourth-order valence-electron chi connectivity index (χ4n) is 3.46. The summed E-state index contributed by atoms with van der Waals surface area (Å²) < 4.78 is 30.9. The van der Waals surface area contributed by atoms with Crippen LogP contribution in [0, 0.1) is 0 Å². The van der Waals surface area contributed by atoms with Crippen molar-refractivity contribution < 1.29 is 18.3 Å². The van der Waals surface area contributed by atoms with Gasteiger partial charge in [-0.25, -0.2) is 19.7 Å². The Balaban J connectivity index is 1.51. The van der Waals surface area contributed by atoms with Crippen LogP contribution in [-0.2, 0) is 20.8 Å². The summed E-state index contributed by atoms with van der Waals surface area (Å²) >= 11 is -2.18. The molecule has 11 nitrogen and oxygen atoms in total. The lowest BCUT2D eigenvalue weighted by atomic mass is 10.2. The molecule has 3 rings (SSSR count). The summed E-state index contributed by atoms with van der Waals surface area (Å²) in [5.41, 5.74) is 1.34. The molecule has 0 aromatic carbocycles. The Morgan fingerprint density at radius 2 is 2.03 bits per heavy atom. The number of fused-ring (bicyclic) bond motifs is 1. The van der Waals surface area contributed by atoms with Crippen LogP contribution in [0.25, 0.3) is 11.2 Å². The number of aromatic nitrogens is 4. The zero-order valence-corrected chi connectivity index (χ0v) is 17.8. The molecule has 1 aliphatic rings. The fourth-order valence-corrected chi connectivity index (χ4v) is 3.77. The summed E-state index contributed by atoms with van der Waals surface area (Å²) in [5.74, 6) is 0.582. The average molecular weight is 439 g/mol. The molecule has 3 atom stereocenters. The van der Waals surface area contributed by atoms with Gasteiger partial charge in [-0.15, -0.1) is 0 Å². The van der Waals surface area contributed by atoms with Crippen LogP contribution in [0.2, 0.25) is 0 Å². The number of unbranched alkanes of at least 4 members (excludes halogenated alkanes) is 3. The van der Waals surface area contributed by atoms with Crippen molar-refractivity contribution in [2.45, 2.75) is 57.8 Å². The van der Waals surface area contributed by atoms with E-state index in [2.05, 4.69) is 30.3 Å². The molecule has 3 heterocycles. The van der Waals surface area contributed by atoms with Crippen LogP contribution in [0.1, 0.15) is 51.7 Å². The van der Waals surface area contributed by atoms with Crippen LogP contribution in [0.5, 0.6) is 0 Å². The molecule has 1 aliphatic heterocycles. The number of hydrogen-bond acceptors (Lipinski definition) is 8. The molecule has 166 valence electrons. The lowest BCUT2D eigenvalue weighted by Crippen LogP contribution is -2.34. The van der Waals surface area contributed by atoms with E-state index in [0.717, 1.165) is 38.6 Å². The van der Waals surface area contributed by atoms with Crippen LogP contribution in [0.4, 0.5) is 5.82 Å². The Labute approximate surface area is 177 Å². The van der Waals surface area contributed by atoms with Gasteiger partial charge in [0.2, 0.25) is 5.91 Å². The van der Waals surface area contributed by atoms with Gasteiger partial charge in [-0.1, -0.05) is 12.8 Å². The minimum atomic E-state index is -2.18. The van der Waals surface area contributed by atoms with Crippen molar-refractivity contribution in [3.05, 3.63) is 12.7 Å². The number of amides is 1. The van der Waals surface area contributed by atoms with Gasteiger partial charge in [0.1, 0.15) is 18.7 Å². The van der Waals surface area contributed by atoms with Gasteiger partial charge in [0.25, 0.3) is 0 Å². The lowest BCUT2D eigenvalue weighted by molar-refractivity contribution is -0.133. The van der Waals surface area contributed by atoms with E-state index >= 15 is 0 Å². The number of imidazole rings is 1. The second-order valence-corrected chi connectivity index (χ2v) is 7.83. The highest BCUT2D eigenvalue weighted by Gasteiger charge is 2.32. The number of nitrogens with zero attached hydrogens (tertiary/aromatic N) is 4. The molecule has 1 saturated heterocycles. The molecule has 3 N–H and O–H groups in total. The monoisotopic (exact) mass is 438 g/mol. The van der Waals surface area contributed by atoms with Crippen molar-refractivity contribution in [3.8, 4) is 0 Å². The van der Waals surface area contributed by atoms with Crippen LogP contribution in [0.15, 0.2) is 12.7 Å². The van der Waals surface area contributed by atoms with Crippen molar-refractivity contribution in [2.24, 2.45) is 0 Å². The first-order valence-electron chi connectivity index (χ1n) is 10.3. The smallest absolute Gasteiger partial charge is 0.249 e. The summed E-state index contributed by atoms with van der Waals surface area (Å²) in [4.78, 5) is 25.1. The molecule has 0 bridgehead atoms. The molecule has 1 amide bonds. The predicted molar refractivity (Wildman–Crippen MR) is 111 cm³/mol. The first kappa shape index (κ1) is 22.5. The van der Waals surface area contributed by atoms with Gasteiger partial charge in [-0.05, 0) is 32.6 Å². The fraction of sp³-hybridized carbons (Fsp3) is 0.667. The maximum Gasteiger partial charge on any atom is 0.249 e. The molecule has 2 aromatic rings. The Hall–Kier alpha value is -2.15. The van der Waals surface area contributed by atoms with E-state index in [1.807, 2.05) is 11.5 Å². The molecule has 1 unspecified atom stereocenters. The molecule has 2 aromatic heterocycles. The molecule has 0 aliphatic carbocycles. The van der Waals surface area contributed by atoms with Crippen molar-refractivity contribution >= 4 is 34.2 Å². The zero-order valence-electron chi connectivity index (χ0n) is 17.0. The summed E-state index contributed by atoms with van der Waals surface area (Å²) in [6.45, 7) is 3.67. The van der Waals surface area contributed by atoms with Crippen LogP contribution in [-0.4, -0.2) is 59.9 Å². The molecule has 0 spiro atoms. The second-order valence-electron chi connectivity index (χ2n) is 7.07. The Morgan fingerprint density at radius 1 is 1.23 bits per heavy atom. The first-order valence-corrected chi connectivity index (χ1v) is 11.3. The van der Waals surface area contributed by atoms with Crippen LogP contribution < -0.4 is 15.4 Å². The molecule has 12 heteroatoms. The zero-order chi connectivity index (χ0) is 21.3. The van der Waals surface area contributed by atoms with E-state index in [4.69, 9.17) is 4.74 Å². The first-order chi connectivity index (χ1) is 14.6. The third kappa shape index (κ3) is 5.94. The number of ether oxygens (including phenoxy) is 1. The van der Waals surface area contributed by atoms with Crippen molar-refractivity contribution in [2.75, 3.05) is 25.0 Å². The minimum absolute atomic E-state index is 0.0847. The largest absolute Gasteiger partial charge is 0.760 e. The Kier molecular flexibility index (Phi) is 8.49. The number of anilines is 1. The normalized spacial score (nSPS) is 19.8. The van der Waals surface area contributed by atoms with Crippen molar-refractivity contribution in [1.82, 2.24) is 29.6 Å². The highest BCUT2D eigenvalue weighted by Crippen LogP contribution is 2.31. The van der Waals surface area contributed by atoms with E-state index < -0.39 is 17.4 Å². The highest BCUT2D eigenvalue weighted by molar-refractivity contribution is 7.77. The van der Waals surface area contributed by atoms with Crippen LogP contribution >= 0.6 is 0 Å². The molecule has 0 saturated carbocycles.